The highest BCUT2D eigenvalue weighted by Crippen LogP contribution is 2.51. The third-order valence-electron chi connectivity index (χ3n) is 10.1. The summed E-state index contributed by atoms with van der Waals surface area (Å²) < 4.78 is 6.42. The molecular formula is C47H27NO. The van der Waals surface area contributed by atoms with Gasteiger partial charge >= 0.3 is 0 Å². The van der Waals surface area contributed by atoms with Gasteiger partial charge < -0.3 is 4.74 Å². The second-order valence-corrected chi connectivity index (χ2v) is 12.7. The van der Waals surface area contributed by atoms with Crippen LogP contribution in [0.2, 0.25) is 0 Å². The SMILES string of the molecule is N#Cc1ccc2c(c1)Oc1ccc(-c3ccc(-c4c5ccccc5c(-c5ccccc5)c5ccccc45)c4ccccc34)c3cccc-2c13. The third-order valence-corrected chi connectivity index (χ3v) is 10.1. The molecule has 49 heavy (non-hydrogen) atoms. The molecule has 0 saturated carbocycles. The maximum Gasteiger partial charge on any atom is 0.136 e. The highest BCUT2D eigenvalue weighted by molar-refractivity contribution is 6.24. The van der Waals surface area contributed by atoms with Crippen molar-refractivity contribution in [3.05, 3.63) is 169 Å². The average molecular weight is 622 g/mol. The van der Waals surface area contributed by atoms with E-state index in [2.05, 4.69) is 152 Å². The van der Waals surface area contributed by atoms with Gasteiger partial charge in [0.05, 0.1) is 11.6 Å². The number of nitriles is 1. The van der Waals surface area contributed by atoms with Crippen molar-refractivity contribution in [1.82, 2.24) is 0 Å². The van der Waals surface area contributed by atoms with Crippen molar-refractivity contribution in [3.63, 3.8) is 0 Å². The predicted octanol–water partition coefficient (Wildman–Crippen LogP) is 12.9. The van der Waals surface area contributed by atoms with Crippen molar-refractivity contribution in [1.29, 1.82) is 5.26 Å². The lowest BCUT2D eigenvalue weighted by Crippen LogP contribution is -1.98. The van der Waals surface area contributed by atoms with Crippen molar-refractivity contribution >= 4 is 43.1 Å². The highest BCUT2D eigenvalue weighted by atomic mass is 16.5. The van der Waals surface area contributed by atoms with Crippen molar-refractivity contribution in [2.24, 2.45) is 0 Å². The minimum absolute atomic E-state index is 0.591. The maximum absolute atomic E-state index is 9.49. The number of hydrogen-bond donors (Lipinski definition) is 0. The van der Waals surface area contributed by atoms with Crippen molar-refractivity contribution in [2.45, 2.75) is 0 Å². The first kappa shape index (κ1) is 27.4. The molecule has 0 aliphatic carbocycles. The Kier molecular flexibility index (Phi) is 5.97. The van der Waals surface area contributed by atoms with Crippen LogP contribution in [0.4, 0.5) is 0 Å². The molecule has 0 radical (unpaired) electrons. The van der Waals surface area contributed by atoms with Crippen molar-refractivity contribution in [3.8, 4) is 62.1 Å². The zero-order valence-corrected chi connectivity index (χ0v) is 26.4. The molecule has 9 aromatic carbocycles. The van der Waals surface area contributed by atoms with Crippen LogP contribution in [0.3, 0.4) is 0 Å². The van der Waals surface area contributed by atoms with Gasteiger partial charge in [-0.3, -0.25) is 0 Å². The molecule has 0 atom stereocenters. The van der Waals surface area contributed by atoms with E-state index in [4.69, 9.17) is 4.74 Å². The standard InChI is InChI=1S/C47H27NO/c48-28-29-21-22-35-37-20-10-19-36-34(25-26-43(47(36)37)49-44(35)27-29)33-23-24-42(32-14-5-4-13-31(32)33)46-40-17-8-6-15-38(40)45(30-11-2-1-3-12-30)39-16-7-9-18-41(39)46/h1-27H. The summed E-state index contributed by atoms with van der Waals surface area (Å²) in [6.07, 6.45) is 0. The molecular weight excluding hydrogens is 595 g/mol. The van der Waals surface area contributed by atoms with Crippen molar-refractivity contribution < 1.29 is 4.74 Å². The zero-order valence-electron chi connectivity index (χ0n) is 26.4. The molecule has 0 saturated heterocycles. The second kappa shape index (κ2) is 10.7. The molecule has 0 N–H and O–H groups in total. The quantitative estimate of drug-likeness (QED) is 0.184. The monoisotopic (exact) mass is 621 g/mol. The van der Waals surface area contributed by atoms with Gasteiger partial charge in [0.1, 0.15) is 11.5 Å². The maximum atomic E-state index is 9.49. The van der Waals surface area contributed by atoms with Gasteiger partial charge in [-0.1, -0.05) is 140 Å². The lowest BCUT2D eigenvalue weighted by atomic mass is 9.83. The van der Waals surface area contributed by atoms with E-state index in [9.17, 15) is 5.26 Å². The molecule has 0 fully saturated rings. The summed E-state index contributed by atoms with van der Waals surface area (Å²) >= 11 is 0. The Morgan fingerprint density at radius 1 is 0.367 bits per heavy atom. The third kappa shape index (κ3) is 4.07. The van der Waals surface area contributed by atoms with Crippen LogP contribution < -0.4 is 4.74 Å². The lowest BCUT2D eigenvalue weighted by molar-refractivity contribution is 0.487. The number of ether oxygens (including phenoxy) is 1. The van der Waals surface area contributed by atoms with E-state index in [1.165, 1.54) is 60.1 Å². The fourth-order valence-electron chi connectivity index (χ4n) is 8.02. The van der Waals surface area contributed by atoms with E-state index < -0.39 is 0 Å². The summed E-state index contributed by atoms with van der Waals surface area (Å²) in [5.74, 6) is 1.54. The Hall–Kier alpha value is -6.69. The molecule has 0 spiro atoms. The topological polar surface area (TPSA) is 33.0 Å². The Balaban J connectivity index is 1.24. The summed E-state index contributed by atoms with van der Waals surface area (Å²) in [7, 11) is 0. The Bertz CT molecular complexity index is 2800. The van der Waals surface area contributed by atoms with Crippen molar-refractivity contribution in [2.75, 3.05) is 0 Å². The van der Waals surface area contributed by atoms with Crippen LogP contribution in [0, 0.1) is 11.3 Å². The summed E-state index contributed by atoms with van der Waals surface area (Å²) in [4.78, 5) is 0. The number of nitrogens with zero attached hydrogens (tertiary/aromatic N) is 1. The fraction of sp³-hybridized carbons (Fsp3) is 0. The van der Waals surface area contributed by atoms with Gasteiger partial charge in [-0.25, -0.2) is 0 Å². The van der Waals surface area contributed by atoms with E-state index >= 15 is 0 Å². The lowest BCUT2D eigenvalue weighted by Gasteiger charge is -2.23. The minimum Gasteiger partial charge on any atom is -0.456 e. The van der Waals surface area contributed by atoms with Crippen LogP contribution in [0.15, 0.2) is 164 Å². The molecule has 2 heteroatoms. The van der Waals surface area contributed by atoms with E-state index in [1.54, 1.807) is 0 Å². The van der Waals surface area contributed by atoms with Gasteiger partial charge in [-0.2, -0.15) is 5.26 Å². The van der Waals surface area contributed by atoms with Crippen LogP contribution >= 0.6 is 0 Å². The van der Waals surface area contributed by atoms with Gasteiger partial charge in [-0.05, 0) is 101 Å². The van der Waals surface area contributed by atoms with E-state index in [0.29, 0.717) is 5.56 Å². The molecule has 1 aliphatic rings. The molecule has 10 rings (SSSR count). The molecule has 0 aromatic heterocycles. The molecule has 2 nitrogen and oxygen atoms in total. The first-order valence-corrected chi connectivity index (χ1v) is 16.6. The first-order chi connectivity index (χ1) is 24.3. The Morgan fingerprint density at radius 3 is 1.59 bits per heavy atom. The first-order valence-electron chi connectivity index (χ1n) is 16.6. The van der Waals surface area contributed by atoms with Crippen LogP contribution in [-0.4, -0.2) is 0 Å². The van der Waals surface area contributed by atoms with Gasteiger partial charge in [0.25, 0.3) is 0 Å². The molecule has 0 amide bonds. The highest BCUT2D eigenvalue weighted by Gasteiger charge is 2.23. The number of rotatable bonds is 3. The molecule has 0 unspecified atom stereocenters. The fourth-order valence-corrected chi connectivity index (χ4v) is 8.02. The molecule has 0 bridgehead atoms. The van der Waals surface area contributed by atoms with E-state index in [1.807, 2.05) is 18.2 Å². The van der Waals surface area contributed by atoms with Crippen LogP contribution in [-0.2, 0) is 0 Å². The Labute approximate surface area is 283 Å². The minimum atomic E-state index is 0.591. The normalized spacial score (nSPS) is 11.8. The zero-order chi connectivity index (χ0) is 32.5. The number of hydrogen-bond acceptors (Lipinski definition) is 2. The number of fused-ring (bicyclic) bond motifs is 5. The molecule has 9 aromatic rings. The average Bonchev–Trinajstić information content (AvgIpc) is 3.17. The second-order valence-electron chi connectivity index (χ2n) is 12.7. The number of benzene rings is 9. The van der Waals surface area contributed by atoms with Crippen LogP contribution in [0.25, 0.3) is 87.6 Å². The summed E-state index contributed by atoms with van der Waals surface area (Å²) in [6.45, 7) is 0. The summed E-state index contributed by atoms with van der Waals surface area (Å²) in [5, 5.41) is 19.1. The molecule has 1 heterocycles. The summed E-state index contributed by atoms with van der Waals surface area (Å²) in [6, 6.07) is 60.5. The molecule has 226 valence electrons. The van der Waals surface area contributed by atoms with Gasteiger partial charge in [0, 0.05) is 10.9 Å². The van der Waals surface area contributed by atoms with E-state index in [0.717, 1.165) is 39.0 Å². The van der Waals surface area contributed by atoms with Gasteiger partial charge in [0.15, 0.2) is 0 Å². The van der Waals surface area contributed by atoms with Gasteiger partial charge in [-0.15, -0.1) is 0 Å². The Morgan fingerprint density at radius 2 is 0.898 bits per heavy atom. The largest absolute Gasteiger partial charge is 0.456 e. The predicted molar refractivity (Wildman–Crippen MR) is 203 cm³/mol. The summed E-state index contributed by atoms with van der Waals surface area (Å²) in [5.41, 5.74) is 10.0. The van der Waals surface area contributed by atoms with Gasteiger partial charge in [0.2, 0.25) is 0 Å². The van der Waals surface area contributed by atoms with Crippen LogP contribution in [0.1, 0.15) is 5.56 Å². The molecule has 1 aliphatic heterocycles. The smallest absolute Gasteiger partial charge is 0.136 e. The van der Waals surface area contributed by atoms with Crippen LogP contribution in [0.5, 0.6) is 11.5 Å². The van der Waals surface area contributed by atoms with E-state index in [-0.39, 0.29) is 0 Å².